The predicted octanol–water partition coefficient (Wildman–Crippen LogP) is 3.22. The van der Waals surface area contributed by atoms with Crippen LogP contribution in [0.25, 0.3) is 0 Å². The number of Topliss-reactive ketones (excluding diaryl/α,β-unsaturated/α-hetero) is 1. The molecule has 1 fully saturated rings. The topological polar surface area (TPSA) is 68.3 Å². The third kappa shape index (κ3) is 4.00. The highest BCUT2D eigenvalue weighted by molar-refractivity contribution is 6.37. The zero-order valence-corrected chi connectivity index (χ0v) is 14.1. The molecule has 0 amide bonds. The summed E-state index contributed by atoms with van der Waals surface area (Å²) < 4.78 is 18.8. The number of ketones is 1. The summed E-state index contributed by atoms with van der Waals surface area (Å²) in [6.07, 6.45) is 3.20. The Kier molecular flexibility index (Phi) is 5.59. The lowest BCUT2D eigenvalue weighted by atomic mass is 10.0. The zero-order chi connectivity index (χ0) is 17.1. The number of carbonyl (C=O) groups excluding carboxylic acids is 2. The third-order valence-electron chi connectivity index (χ3n) is 3.30. The van der Waals surface area contributed by atoms with Gasteiger partial charge in [-0.05, 0) is 26.7 Å². The van der Waals surface area contributed by atoms with Crippen LogP contribution < -0.4 is 5.32 Å². The van der Waals surface area contributed by atoms with Crippen molar-refractivity contribution in [1.29, 1.82) is 0 Å². The van der Waals surface area contributed by atoms with Crippen molar-refractivity contribution in [2.45, 2.75) is 32.7 Å². The van der Waals surface area contributed by atoms with E-state index in [-0.39, 0.29) is 34.5 Å². The molecular weight excluding hydrogens is 346 g/mol. The van der Waals surface area contributed by atoms with Crippen LogP contribution in [0.4, 0.5) is 4.39 Å². The van der Waals surface area contributed by atoms with Gasteiger partial charge in [-0.25, -0.2) is 14.2 Å². The van der Waals surface area contributed by atoms with E-state index in [1.54, 1.807) is 6.92 Å². The molecule has 1 aromatic heterocycles. The minimum absolute atomic E-state index is 0.0679. The summed E-state index contributed by atoms with van der Waals surface area (Å²) in [6, 6.07) is 0.226. The quantitative estimate of drug-likeness (QED) is 0.210. The van der Waals surface area contributed by atoms with Crippen LogP contribution in [0.2, 0.25) is 10.3 Å². The van der Waals surface area contributed by atoms with Crippen molar-refractivity contribution in [3.05, 3.63) is 39.0 Å². The van der Waals surface area contributed by atoms with Gasteiger partial charge in [0.15, 0.2) is 11.0 Å². The summed E-state index contributed by atoms with van der Waals surface area (Å²) in [5.74, 6) is -2.42. The van der Waals surface area contributed by atoms with Crippen LogP contribution in [0.15, 0.2) is 11.8 Å². The Balaban J connectivity index is 2.42. The van der Waals surface area contributed by atoms with Crippen LogP contribution >= 0.6 is 23.2 Å². The van der Waals surface area contributed by atoms with Crippen LogP contribution in [0, 0.1) is 12.7 Å². The van der Waals surface area contributed by atoms with Gasteiger partial charge in [0.1, 0.15) is 10.7 Å². The number of hydrogen-bond acceptors (Lipinski definition) is 5. The molecule has 1 aliphatic rings. The molecule has 0 aromatic carbocycles. The average Bonchev–Trinajstić information content (AvgIpc) is 3.29. The van der Waals surface area contributed by atoms with Crippen molar-refractivity contribution < 1.29 is 18.7 Å². The number of ether oxygens (including phenoxy) is 1. The van der Waals surface area contributed by atoms with Gasteiger partial charge in [0, 0.05) is 17.8 Å². The minimum Gasteiger partial charge on any atom is -0.462 e. The molecule has 0 aliphatic heterocycles. The molecule has 5 nitrogen and oxygen atoms in total. The molecule has 0 saturated heterocycles. The molecule has 1 aromatic rings. The second kappa shape index (κ2) is 7.27. The lowest BCUT2D eigenvalue weighted by Gasteiger charge is -2.11. The third-order valence-corrected chi connectivity index (χ3v) is 3.82. The van der Waals surface area contributed by atoms with E-state index in [4.69, 9.17) is 27.9 Å². The van der Waals surface area contributed by atoms with E-state index in [1.807, 2.05) is 0 Å². The Morgan fingerprint density at radius 3 is 2.61 bits per heavy atom. The van der Waals surface area contributed by atoms with Gasteiger partial charge in [-0.2, -0.15) is 0 Å². The van der Waals surface area contributed by atoms with Gasteiger partial charge >= 0.3 is 5.97 Å². The molecule has 1 N–H and O–H groups in total. The lowest BCUT2D eigenvalue weighted by molar-refractivity contribution is -0.138. The van der Waals surface area contributed by atoms with E-state index in [0.29, 0.717) is 0 Å². The number of pyridine rings is 1. The summed E-state index contributed by atoms with van der Waals surface area (Å²) >= 11 is 11.5. The van der Waals surface area contributed by atoms with Gasteiger partial charge < -0.3 is 10.1 Å². The molecule has 8 heteroatoms. The number of carbonyl (C=O) groups is 2. The number of aromatic nitrogens is 1. The first-order valence-electron chi connectivity index (χ1n) is 7.05. The van der Waals surface area contributed by atoms with Crippen molar-refractivity contribution in [2.24, 2.45) is 0 Å². The smallest absolute Gasteiger partial charge is 0.343 e. The van der Waals surface area contributed by atoms with E-state index in [1.165, 1.54) is 13.1 Å². The molecule has 0 unspecified atom stereocenters. The number of hydrogen-bond donors (Lipinski definition) is 1. The summed E-state index contributed by atoms with van der Waals surface area (Å²) in [5.41, 5.74) is -0.528. The Bertz CT molecular complexity index is 688. The first kappa shape index (κ1) is 17.7. The maximum Gasteiger partial charge on any atom is 0.343 e. The largest absolute Gasteiger partial charge is 0.462 e. The Morgan fingerprint density at radius 1 is 1.39 bits per heavy atom. The fraction of sp³-hybridized carbons (Fsp3) is 0.400. The maximum atomic E-state index is 13.9. The fourth-order valence-corrected chi connectivity index (χ4v) is 2.47. The van der Waals surface area contributed by atoms with Crippen molar-refractivity contribution in [3.63, 3.8) is 0 Å². The second-order valence-corrected chi connectivity index (χ2v) is 5.77. The van der Waals surface area contributed by atoms with Gasteiger partial charge in [-0.3, -0.25) is 4.79 Å². The van der Waals surface area contributed by atoms with E-state index in [0.717, 1.165) is 12.8 Å². The van der Waals surface area contributed by atoms with Crippen LogP contribution in [0.3, 0.4) is 0 Å². The van der Waals surface area contributed by atoms with Crippen molar-refractivity contribution in [3.8, 4) is 0 Å². The number of halogens is 3. The van der Waals surface area contributed by atoms with Crippen molar-refractivity contribution in [1.82, 2.24) is 10.3 Å². The molecule has 124 valence electrons. The molecule has 0 radical (unpaired) electrons. The van der Waals surface area contributed by atoms with E-state index >= 15 is 0 Å². The number of nitrogens with zero attached hydrogens (tertiary/aromatic N) is 1. The molecule has 0 bridgehead atoms. The van der Waals surface area contributed by atoms with Gasteiger partial charge in [0.2, 0.25) is 5.78 Å². The predicted molar refractivity (Wildman–Crippen MR) is 84.2 cm³/mol. The number of rotatable bonds is 6. The van der Waals surface area contributed by atoms with E-state index in [2.05, 4.69) is 10.3 Å². The normalized spacial score (nSPS) is 14.6. The molecule has 0 atom stereocenters. The molecule has 23 heavy (non-hydrogen) atoms. The lowest BCUT2D eigenvalue weighted by Crippen LogP contribution is -2.22. The van der Waals surface area contributed by atoms with E-state index in [9.17, 15) is 14.0 Å². The highest BCUT2D eigenvalue weighted by Gasteiger charge is 2.29. The summed E-state index contributed by atoms with van der Waals surface area (Å²) in [6.45, 7) is 3.07. The fourth-order valence-electron chi connectivity index (χ4n) is 1.89. The van der Waals surface area contributed by atoms with Crippen molar-refractivity contribution >= 4 is 35.0 Å². The molecule has 0 spiro atoms. The van der Waals surface area contributed by atoms with Gasteiger partial charge in [0.25, 0.3) is 0 Å². The number of esters is 1. The van der Waals surface area contributed by atoms with E-state index < -0.39 is 22.7 Å². The van der Waals surface area contributed by atoms with Crippen LogP contribution in [0.1, 0.15) is 35.7 Å². The SMILES string of the molecule is CCOC(=O)/C(=C/NC1CC1)C(=O)c1c(Cl)nc(Cl)c(F)c1C. The zero-order valence-electron chi connectivity index (χ0n) is 12.6. The standard InChI is InChI=1S/C15H15Cl2FN2O3/c1-3-23-15(22)9(6-19-8-4-5-8)12(21)10-7(2)11(18)14(17)20-13(10)16/h6,8,19H,3-5H2,1-2H3/b9-6+. The highest BCUT2D eigenvalue weighted by Crippen LogP contribution is 2.28. The molecular formula is C15H15Cl2FN2O3. The van der Waals surface area contributed by atoms with Crippen LogP contribution in [-0.2, 0) is 9.53 Å². The van der Waals surface area contributed by atoms with Crippen LogP contribution in [0.5, 0.6) is 0 Å². The molecule has 1 aliphatic carbocycles. The first-order valence-corrected chi connectivity index (χ1v) is 7.81. The maximum absolute atomic E-state index is 13.9. The van der Waals surface area contributed by atoms with Gasteiger partial charge in [-0.15, -0.1) is 0 Å². The summed E-state index contributed by atoms with van der Waals surface area (Å²) in [4.78, 5) is 28.3. The summed E-state index contributed by atoms with van der Waals surface area (Å²) in [5, 5.41) is 2.25. The average molecular weight is 361 g/mol. The Morgan fingerprint density at radius 2 is 2.04 bits per heavy atom. The van der Waals surface area contributed by atoms with Crippen molar-refractivity contribution in [2.75, 3.05) is 6.61 Å². The van der Waals surface area contributed by atoms with Gasteiger partial charge in [-0.1, -0.05) is 23.2 Å². The Hall–Kier alpha value is -1.66. The highest BCUT2D eigenvalue weighted by atomic mass is 35.5. The minimum atomic E-state index is -0.849. The molecule has 1 heterocycles. The first-order chi connectivity index (χ1) is 10.9. The van der Waals surface area contributed by atoms with Gasteiger partial charge in [0.05, 0.1) is 12.2 Å². The Labute approximate surface area is 142 Å². The summed E-state index contributed by atoms with van der Waals surface area (Å²) in [7, 11) is 0. The van der Waals surface area contributed by atoms with Crippen LogP contribution in [-0.4, -0.2) is 29.4 Å². The number of nitrogens with one attached hydrogen (secondary N) is 1. The molecule has 1 saturated carbocycles. The monoisotopic (exact) mass is 360 g/mol. The molecule has 2 rings (SSSR count). The second-order valence-electron chi connectivity index (χ2n) is 5.06.